The Morgan fingerprint density at radius 1 is 1.04 bits per heavy atom. The molecule has 1 heterocycles. The predicted molar refractivity (Wildman–Crippen MR) is 105 cm³/mol. The lowest BCUT2D eigenvalue weighted by atomic mass is 10.1. The third kappa shape index (κ3) is 3.43. The number of nitrogens with zero attached hydrogens (tertiary/aromatic N) is 1. The van der Waals surface area contributed by atoms with Crippen LogP contribution in [0.4, 0.5) is 0 Å². The van der Waals surface area contributed by atoms with Gasteiger partial charge < -0.3 is 4.74 Å². The minimum absolute atomic E-state index is 0.0207. The van der Waals surface area contributed by atoms with Gasteiger partial charge in [0.05, 0.1) is 10.5 Å². The second-order valence-electron chi connectivity index (χ2n) is 6.52. The summed E-state index contributed by atoms with van der Waals surface area (Å²) in [6.45, 7) is 4.53. The zero-order valence-corrected chi connectivity index (χ0v) is 17.0. The lowest BCUT2D eigenvalue weighted by Crippen LogP contribution is -2.42. The zero-order valence-electron chi connectivity index (χ0n) is 15.5. The highest BCUT2D eigenvalue weighted by Crippen LogP contribution is 2.39. The molecule has 0 radical (unpaired) electrons. The van der Waals surface area contributed by atoms with Crippen LogP contribution in [-0.4, -0.2) is 30.5 Å². The normalized spacial score (nSPS) is 15.4. The van der Waals surface area contributed by atoms with E-state index in [9.17, 15) is 18.0 Å². The van der Waals surface area contributed by atoms with Crippen molar-refractivity contribution in [2.24, 2.45) is 0 Å². The molecule has 1 aliphatic rings. The Balaban J connectivity index is 2.21. The maximum absolute atomic E-state index is 13.1. The van der Waals surface area contributed by atoms with Crippen molar-refractivity contribution in [1.82, 2.24) is 4.31 Å². The first kappa shape index (κ1) is 20.1. The number of Topliss-reactive ketones (excluding diaryl/α,β-unsaturated/α-hetero) is 1. The minimum atomic E-state index is -3.97. The van der Waals surface area contributed by atoms with Crippen molar-refractivity contribution in [3.05, 3.63) is 70.4 Å². The van der Waals surface area contributed by atoms with Gasteiger partial charge in [0, 0.05) is 23.6 Å². The third-order valence-corrected chi connectivity index (χ3v) is 6.47. The average Bonchev–Trinajstić information content (AvgIpc) is 2.63. The van der Waals surface area contributed by atoms with E-state index < -0.39 is 27.8 Å². The van der Waals surface area contributed by atoms with Crippen LogP contribution in [-0.2, 0) is 19.6 Å². The standard InChI is InChI=1S/C20H18ClNO5S/c1-12(2)22-18(13(3)23)19(16-6-4-5-7-17(16)28(22,25)26)27-20(24)14-8-10-15(21)11-9-14/h4-12H,1-3H3. The molecular weight excluding hydrogens is 402 g/mol. The van der Waals surface area contributed by atoms with Gasteiger partial charge in [-0.25, -0.2) is 13.2 Å². The molecule has 0 spiro atoms. The summed E-state index contributed by atoms with van der Waals surface area (Å²) in [6.07, 6.45) is 0. The van der Waals surface area contributed by atoms with E-state index >= 15 is 0 Å². The number of benzene rings is 2. The number of carbonyl (C=O) groups excluding carboxylic acids is 2. The summed E-state index contributed by atoms with van der Waals surface area (Å²) in [5.41, 5.74) is 0.227. The van der Waals surface area contributed by atoms with E-state index in [1.807, 2.05) is 0 Å². The number of hydrogen-bond acceptors (Lipinski definition) is 5. The van der Waals surface area contributed by atoms with Gasteiger partial charge in [-0.05, 0) is 50.2 Å². The largest absolute Gasteiger partial charge is 0.420 e. The van der Waals surface area contributed by atoms with Crippen LogP contribution in [0.15, 0.2) is 59.1 Å². The molecule has 0 aliphatic carbocycles. The number of carbonyl (C=O) groups is 2. The van der Waals surface area contributed by atoms with Gasteiger partial charge in [-0.15, -0.1) is 0 Å². The van der Waals surface area contributed by atoms with E-state index in [2.05, 4.69) is 0 Å². The fourth-order valence-electron chi connectivity index (χ4n) is 3.02. The quantitative estimate of drug-likeness (QED) is 0.703. The highest BCUT2D eigenvalue weighted by Gasteiger charge is 2.41. The number of halogens is 1. The molecule has 0 saturated heterocycles. The molecule has 0 N–H and O–H groups in total. The molecule has 0 saturated carbocycles. The lowest BCUT2D eigenvalue weighted by Gasteiger charge is -2.34. The molecule has 3 rings (SSSR count). The second kappa shape index (κ2) is 7.41. The molecule has 0 bridgehead atoms. The molecule has 0 atom stereocenters. The number of fused-ring (bicyclic) bond motifs is 1. The van der Waals surface area contributed by atoms with Gasteiger partial charge in [0.1, 0.15) is 5.70 Å². The zero-order chi connectivity index (χ0) is 20.6. The molecule has 6 nitrogen and oxygen atoms in total. The molecule has 0 fully saturated rings. The Hall–Kier alpha value is -2.64. The molecule has 28 heavy (non-hydrogen) atoms. The highest BCUT2D eigenvalue weighted by atomic mass is 35.5. The third-order valence-electron chi connectivity index (χ3n) is 4.18. The Bertz CT molecular complexity index is 1090. The number of ketones is 1. The molecule has 146 valence electrons. The van der Waals surface area contributed by atoms with E-state index in [0.717, 1.165) is 4.31 Å². The van der Waals surface area contributed by atoms with Crippen molar-refractivity contribution in [3.63, 3.8) is 0 Å². The Kier molecular flexibility index (Phi) is 5.32. The number of esters is 1. The van der Waals surface area contributed by atoms with Gasteiger partial charge in [-0.3, -0.25) is 9.10 Å². The van der Waals surface area contributed by atoms with E-state index in [4.69, 9.17) is 16.3 Å². The van der Waals surface area contributed by atoms with Crippen LogP contribution < -0.4 is 0 Å². The Morgan fingerprint density at radius 2 is 1.64 bits per heavy atom. The monoisotopic (exact) mass is 419 g/mol. The molecule has 1 aliphatic heterocycles. The van der Waals surface area contributed by atoms with Gasteiger partial charge >= 0.3 is 5.97 Å². The van der Waals surface area contributed by atoms with Crippen molar-refractivity contribution in [2.45, 2.75) is 31.7 Å². The van der Waals surface area contributed by atoms with Gasteiger partial charge in [-0.2, -0.15) is 0 Å². The molecule has 2 aromatic carbocycles. The van der Waals surface area contributed by atoms with Crippen LogP contribution in [0.3, 0.4) is 0 Å². The summed E-state index contributed by atoms with van der Waals surface area (Å²) in [7, 11) is -3.97. The summed E-state index contributed by atoms with van der Waals surface area (Å²) in [6, 6.07) is 11.6. The fourth-order valence-corrected chi connectivity index (χ4v) is 5.06. The van der Waals surface area contributed by atoms with Crippen LogP contribution >= 0.6 is 11.6 Å². The van der Waals surface area contributed by atoms with Crippen LogP contribution in [0.5, 0.6) is 0 Å². The molecule has 0 amide bonds. The maximum atomic E-state index is 13.1. The summed E-state index contributed by atoms with van der Waals surface area (Å²) >= 11 is 5.85. The van der Waals surface area contributed by atoms with Crippen LogP contribution in [0.25, 0.3) is 5.76 Å². The molecule has 0 aromatic heterocycles. The van der Waals surface area contributed by atoms with E-state index in [0.29, 0.717) is 5.02 Å². The van der Waals surface area contributed by atoms with E-state index in [1.54, 1.807) is 26.0 Å². The average molecular weight is 420 g/mol. The van der Waals surface area contributed by atoms with Crippen LogP contribution in [0, 0.1) is 0 Å². The van der Waals surface area contributed by atoms with Gasteiger partial charge in [0.2, 0.25) is 0 Å². The Labute approximate surface area is 168 Å². The molecular formula is C20H18ClNO5S. The van der Waals surface area contributed by atoms with E-state index in [1.165, 1.54) is 43.3 Å². The number of sulfonamides is 1. The van der Waals surface area contributed by atoms with Crippen molar-refractivity contribution in [1.29, 1.82) is 0 Å². The van der Waals surface area contributed by atoms with Crippen LogP contribution in [0.2, 0.25) is 5.02 Å². The smallest absolute Gasteiger partial charge is 0.343 e. The topological polar surface area (TPSA) is 80.8 Å². The van der Waals surface area contributed by atoms with Crippen molar-refractivity contribution >= 4 is 39.1 Å². The van der Waals surface area contributed by atoms with Crippen molar-refractivity contribution in [3.8, 4) is 0 Å². The number of rotatable bonds is 4. The van der Waals surface area contributed by atoms with Gasteiger partial charge in [-0.1, -0.05) is 23.7 Å². The van der Waals surface area contributed by atoms with Gasteiger partial charge in [0.15, 0.2) is 11.5 Å². The molecule has 2 aromatic rings. The minimum Gasteiger partial charge on any atom is -0.420 e. The second-order valence-corrected chi connectivity index (χ2v) is 8.74. The predicted octanol–water partition coefficient (Wildman–Crippen LogP) is 3.87. The first-order valence-electron chi connectivity index (χ1n) is 8.51. The molecule has 8 heteroatoms. The number of allylic oxidation sites excluding steroid dienone is 1. The highest BCUT2D eigenvalue weighted by molar-refractivity contribution is 7.89. The van der Waals surface area contributed by atoms with E-state index in [-0.39, 0.29) is 27.5 Å². The maximum Gasteiger partial charge on any atom is 0.343 e. The lowest BCUT2D eigenvalue weighted by molar-refractivity contribution is -0.114. The van der Waals surface area contributed by atoms with Crippen molar-refractivity contribution < 1.29 is 22.7 Å². The van der Waals surface area contributed by atoms with Crippen LogP contribution in [0.1, 0.15) is 36.7 Å². The summed E-state index contributed by atoms with van der Waals surface area (Å²) in [4.78, 5) is 25.1. The fraction of sp³-hybridized carbons (Fsp3) is 0.200. The molecule has 0 unspecified atom stereocenters. The first-order chi connectivity index (χ1) is 13.1. The SMILES string of the molecule is CC(=O)C1=C(OC(=O)c2ccc(Cl)cc2)c2ccccc2S(=O)(=O)N1C(C)C. The summed E-state index contributed by atoms with van der Waals surface area (Å²) in [5, 5.41) is 0.459. The first-order valence-corrected chi connectivity index (χ1v) is 10.3. The number of hydrogen-bond donors (Lipinski definition) is 0. The Morgan fingerprint density at radius 3 is 2.21 bits per heavy atom. The van der Waals surface area contributed by atoms with Gasteiger partial charge in [0.25, 0.3) is 10.0 Å². The summed E-state index contributed by atoms with van der Waals surface area (Å²) in [5.74, 6) is -1.32. The summed E-state index contributed by atoms with van der Waals surface area (Å²) < 4.78 is 32.7. The number of ether oxygens (including phenoxy) is 1. The van der Waals surface area contributed by atoms with Crippen molar-refractivity contribution in [2.75, 3.05) is 0 Å².